The number of aryl methyl sites for hydroxylation is 2. The second kappa shape index (κ2) is 6.04. The second-order valence-electron chi connectivity index (χ2n) is 5.60. The Morgan fingerprint density at radius 2 is 2.00 bits per heavy atom. The molecule has 20 heavy (non-hydrogen) atoms. The summed E-state index contributed by atoms with van der Waals surface area (Å²) in [4.78, 5) is 0. The summed E-state index contributed by atoms with van der Waals surface area (Å²) in [6, 6.07) is 4.99. The first-order valence-electron chi connectivity index (χ1n) is 6.95. The first-order chi connectivity index (χ1) is 9.33. The van der Waals surface area contributed by atoms with Gasteiger partial charge in [-0.1, -0.05) is 6.07 Å². The fourth-order valence-corrected chi connectivity index (χ4v) is 2.46. The van der Waals surface area contributed by atoms with E-state index in [1.165, 1.54) is 25.0 Å². The lowest BCUT2D eigenvalue weighted by atomic mass is 10.0. The number of hydrogen-bond donors (Lipinski definition) is 1. The molecule has 0 spiro atoms. The van der Waals surface area contributed by atoms with Crippen LogP contribution < -0.4 is 10.5 Å². The molecular weight excluding hydrogens is 267 g/mol. The van der Waals surface area contributed by atoms with Crippen molar-refractivity contribution in [3.63, 3.8) is 0 Å². The van der Waals surface area contributed by atoms with E-state index in [2.05, 4.69) is 4.74 Å². The third-order valence-electron chi connectivity index (χ3n) is 3.57. The third-order valence-corrected chi connectivity index (χ3v) is 3.57. The molecular formula is C15H20F3NO. The lowest BCUT2D eigenvalue weighted by molar-refractivity contribution is -0.274. The second-order valence-corrected chi connectivity index (χ2v) is 5.60. The van der Waals surface area contributed by atoms with Gasteiger partial charge in [-0.05, 0) is 68.2 Å². The van der Waals surface area contributed by atoms with E-state index in [-0.39, 0.29) is 11.8 Å². The highest BCUT2D eigenvalue weighted by Crippen LogP contribution is 2.33. The molecule has 1 aromatic rings. The maximum atomic E-state index is 12.2. The van der Waals surface area contributed by atoms with E-state index in [1.54, 1.807) is 6.92 Å². The van der Waals surface area contributed by atoms with E-state index in [0.717, 1.165) is 30.4 Å². The summed E-state index contributed by atoms with van der Waals surface area (Å²) in [6.45, 7) is 1.77. The van der Waals surface area contributed by atoms with Crippen LogP contribution >= 0.6 is 0 Å². The number of ether oxygens (including phenoxy) is 1. The third kappa shape index (κ3) is 5.04. The van der Waals surface area contributed by atoms with Crippen molar-refractivity contribution in [3.8, 4) is 5.75 Å². The van der Waals surface area contributed by atoms with E-state index in [4.69, 9.17) is 5.73 Å². The van der Waals surface area contributed by atoms with Crippen LogP contribution in [0.25, 0.3) is 0 Å². The SMILES string of the molecule is Cc1cc(CCCC(N)C2CC2)cc(OC(F)(F)F)c1. The molecule has 0 saturated heterocycles. The van der Waals surface area contributed by atoms with E-state index < -0.39 is 6.36 Å². The lowest BCUT2D eigenvalue weighted by Crippen LogP contribution is -2.22. The predicted octanol–water partition coefficient (Wildman–Crippen LogP) is 3.95. The summed E-state index contributed by atoms with van der Waals surface area (Å²) in [5.41, 5.74) is 7.65. The molecule has 1 fully saturated rings. The van der Waals surface area contributed by atoms with Crippen LogP contribution in [0.15, 0.2) is 18.2 Å². The molecule has 1 atom stereocenters. The zero-order chi connectivity index (χ0) is 14.8. The van der Waals surface area contributed by atoms with Crippen LogP contribution in [0.3, 0.4) is 0 Å². The Hall–Kier alpha value is -1.23. The maximum absolute atomic E-state index is 12.2. The van der Waals surface area contributed by atoms with Crippen molar-refractivity contribution in [2.45, 2.75) is 51.4 Å². The van der Waals surface area contributed by atoms with Crippen LogP contribution in [0.5, 0.6) is 5.75 Å². The van der Waals surface area contributed by atoms with Crippen molar-refractivity contribution in [2.24, 2.45) is 11.7 Å². The Morgan fingerprint density at radius 1 is 1.30 bits per heavy atom. The summed E-state index contributed by atoms with van der Waals surface area (Å²) in [5, 5.41) is 0. The van der Waals surface area contributed by atoms with E-state index in [9.17, 15) is 13.2 Å². The molecule has 1 aliphatic carbocycles. The highest BCUT2D eigenvalue weighted by molar-refractivity contribution is 5.34. The predicted molar refractivity (Wildman–Crippen MR) is 71.5 cm³/mol. The smallest absolute Gasteiger partial charge is 0.406 e. The molecule has 0 bridgehead atoms. The Balaban J connectivity index is 1.89. The van der Waals surface area contributed by atoms with Crippen LogP contribution in [0, 0.1) is 12.8 Å². The molecule has 2 nitrogen and oxygen atoms in total. The van der Waals surface area contributed by atoms with Gasteiger partial charge < -0.3 is 10.5 Å². The molecule has 1 aromatic carbocycles. The van der Waals surface area contributed by atoms with Crippen LogP contribution in [0.4, 0.5) is 13.2 Å². The van der Waals surface area contributed by atoms with Crippen LogP contribution in [-0.2, 0) is 6.42 Å². The van der Waals surface area contributed by atoms with Crippen LogP contribution in [-0.4, -0.2) is 12.4 Å². The van der Waals surface area contributed by atoms with E-state index in [1.807, 2.05) is 6.07 Å². The normalized spacial score (nSPS) is 17.1. The van der Waals surface area contributed by atoms with Gasteiger partial charge in [0.2, 0.25) is 0 Å². The molecule has 2 N–H and O–H groups in total. The fraction of sp³-hybridized carbons (Fsp3) is 0.600. The summed E-state index contributed by atoms with van der Waals surface area (Å²) in [6.07, 6.45) is 0.348. The average molecular weight is 287 g/mol. The van der Waals surface area contributed by atoms with Gasteiger partial charge >= 0.3 is 6.36 Å². The molecule has 0 radical (unpaired) electrons. The quantitative estimate of drug-likeness (QED) is 0.859. The number of halogens is 3. The van der Waals surface area contributed by atoms with Crippen molar-refractivity contribution >= 4 is 0 Å². The number of rotatable bonds is 6. The highest BCUT2D eigenvalue weighted by Gasteiger charge is 2.31. The number of hydrogen-bond acceptors (Lipinski definition) is 2. The summed E-state index contributed by atoms with van der Waals surface area (Å²) >= 11 is 0. The largest absolute Gasteiger partial charge is 0.573 e. The van der Waals surface area contributed by atoms with Gasteiger partial charge in [0.05, 0.1) is 0 Å². The minimum absolute atomic E-state index is 0.140. The zero-order valence-electron chi connectivity index (χ0n) is 11.5. The molecule has 0 aromatic heterocycles. The molecule has 0 aliphatic heterocycles. The Bertz CT molecular complexity index is 455. The van der Waals surface area contributed by atoms with Crippen molar-refractivity contribution < 1.29 is 17.9 Å². The first-order valence-corrected chi connectivity index (χ1v) is 6.95. The van der Waals surface area contributed by atoms with Gasteiger partial charge in [0.25, 0.3) is 0 Å². The van der Waals surface area contributed by atoms with Crippen molar-refractivity contribution in [3.05, 3.63) is 29.3 Å². The van der Waals surface area contributed by atoms with Gasteiger partial charge in [-0.25, -0.2) is 0 Å². The summed E-state index contributed by atoms with van der Waals surface area (Å²) in [7, 11) is 0. The molecule has 5 heteroatoms. The van der Waals surface area contributed by atoms with Crippen molar-refractivity contribution in [1.29, 1.82) is 0 Å². The van der Waals surface area contributed by atoms with Gasteiger partial charge in [-0.2, -0.15) is 0 Å². The Kier molecular flexibility index (Phi) is 4.58. The minimum atomic E-state index is -4.64. The molecule has 1 saturated carbocycles. The molecule has 1 aliphatic rings. The standard InChI is InChI=1S/C15H20F3NO/c1-10-7-11(3-2-4-14(19)12-5-6-12)9-13(8-10)20-15(16,17)18/h7-9,12,14H,2-6,19H2,1H3. The molecule has 1 unspecified atom stereocenters. The topological polar surface area (TPSA) is 35.2 Å². The van der Waals surface area contributed by atoms with Crippen LogP contribution in [0.1, 0.15) is 36.8 Å². The van der Waals surface area contributed by atoms with Crippen LogP contribution in [0.2, 0.25) is 0 Å². The van der Waals surface area contributed by atoms with Gasteiger partial charge in [0.1, 0.15) is 5.75 Å². The van der Waals surface area contributed by atoms with E-state index >= 15 is 0 Å². The van der Waals surface area contributed by atoms with Gasteiger partial charge in [-0.3, -0.25) is 0 Å². The minimum Gasteiger partial charge on any atom is -0.406 e. The number of benzene rings is 1. The summed E-state index contributed by atoms with van der Waals surface area (Å²) in [5.74, 6) is 0.524. The summed E-state index contributed by atoms with van der Waals surface area (Å²) < 4.78 is 40.6. The zero-order valence-corrected chi connectivity index (χ0v) is 11.5. The molecule has 0 amide bonds. The van der Waals surface area contributed by atoms with Gasteiger partial charge in [0.15, 0.2) is 0 Å². The molecule has 0 heterocycles. The van der Waals surface area contributed by atoms with Gasteiger partial charge in [0, 0.05) is 6.04 Å². The Morgan fingerprint density at radius 3 is 2.60 bits per heavy atom. The van der Waals surface area contributed by atoms with Gasteiger partial charge in [-0.15, -0.1) is 13.2 Å². The fourth-order valence-electron chi connectivity index (χ4n) is 2.46. The van der Waals surface area contributed by atoms with Crippen molar-refractivity contribution in [1.82, 2.24) is 0 Å². The first kappa shape index (κ1) is 15.2. The lowest BCUT2D eigenvalue weighted by Gasteiger charge is -2.12. The van der Waals surface area contributed by atoms with E-state index in [0.29, 0.717) is 5.92 Å². The van der Waals surface area contributed by atoms with Crippen molar-refractivity contribution in [2.75, 3.05) is 0 Å². The maximum Gasteiger partial charge on any atom is 0.573 e. The average Bonchev–Trinajstić information content (AvgIpc) is 3.08. The molecule has 112 valence electrons. The Labute approximate surface area is 117 Å². The monoisotopic (exact) mass is 287 g/mol. The number of alkyl halides is 3. The highest BCUT2D eigenvalue weighted by atomic mass is 19.4. The number of nitrogens with two attached hydrogens (primary N) is 1. The molecule has 2 rings (SSSR count).